The standard InChI is InChI=1S/C25H30N4O3.C11H11NO2/c1-26-19-3-5-20(6-4-19)32-22-9-10-27-24-21(22)7-8-23(30-2)25(24)29-16-18(17-29)15-28-11-13-31-14-12-28;13-8-11(6-7-11)10(14)12-9-4-2-1-3-5-9/h3-10,18,26H,11-17H2,1-2H3;1-5,8H,6-7H2,(H,12,14). The number of anilines is 3. The Labute approximate surface area is 269 Å². The Morgan fingerprint density at radius 3 is 2.37 bits per heavy atom. The maximum absolute atomic E-state index is 11.6. The van der Waals surface area contributed by atoms with Gasteiger partial charge in [-0.05, 0) is 67.4 Å². The first-order valence-electron chi connectivity index (χ1n) is 15.8. The molecule has 2 saturated heterocycles. The molecular weight excluding hydrogens is 582 g/mol. The predicted octanol–water partition coefficient (Wildman–Crippen LogP) is 5.45. The van der Waals surface area contributed by atoms with Gasteiger partial charge in [-0.2, -0.15) is 0 Å². The van der Waals surface area contributed by atoms with Crippen molar-refractivity contribution in [1.82, 2.24) is 9.88 Å². The highest BCUT2D eigenvalue weighted by atomic mass is 16.5. The van der Waals surface area contributed by atoms with E-state index in [-0.39, 0.29) is 5.91 Å². The zero-order valence-electron chi connectivity index (χ0n) is 26.4. The molecular formula is C36H41N5O5. The molecule has 1 aliphatic carbocycles. The van der Waals surface area contributed by atoms with Crippen molar-refractivity contribution >= 4 is 40.2 Å². The van der Waals surface area contributed by atoms with Gasteiger partial charge in [-0.1, -0.05) is 18.2 Å². The number of hydrogen-bond donors (Lipinski definition) is 2. The molecule has 4 aromatic rings. The predicted molar refractivity (Wildman–Crippen MR) is 180 cm³/mol. The van der Waals surface area contributed by atoms with E-state index in [2.05, 4.69) is 20.4 Å². The summed E-state index contributed by atoms with van der Waals surface area (Å²) in [6.07, 6.45) is 3.92. The first-order valence-corrected chi connectivity index (χ1v) is 15.8. The summed E-state index contributed by atoms with van der Waals surface area (Å²) < 4.78 is 17.4. The molecule has 0 unspecified atom stereocenters. The second-order valence-electron chi connectivity index (χ2n) is 12.0. The van der Waals surface area contributed by atoms with E-state index in [0.29, 0.717) is 18.8 Å². The number of hydrogen-bond acceptors (Lipinski definition) is 9. The number of aromatic nitrogens is 1. The topological polar surface area (TPSA) is 105 Å². The van der Waals surface area contributed by atoms with Crippen LogP contribution in [0.1, 0.15) is 12.8 Å². The molecule has 3 fully saturated rings. The molecule has 0 radical (unpaired) electrons. The summed E-state index contributed by atoms with van der Waals surface area (Å²) in [5.41, 5.74) is 3.03. The van der Waals surface area contributed by atoms with Gasteiger partial charge in [-0.15, -0.1) is 0 Å². The lowest BCUT2D eigenvalue weighted by atomic mass is 9.97. The number of pyridine rings is 1. The summed E-state index contributed by atoms with van der Waals surface area (Å²) in [7, 11) is 3.63. The minimum absolute atomic E-state index is 0.182. The minimum atomic E-state index is -0.726. The monoisotopic (exact) mass is 623 g/mol. The summed E-state index contributed by atoms with van der Waals surface area (Å²) >= 11 is 0. The van der Waals surface area contributed by atoms with Gasteiger partial charge in [-0.25, -0.2) is 0 Å². The lowest BCUT2D eigenvalue weighted by Gasteiger charge is -2.44. The number of nitrogens with one attached hydrogen (secondary N) is 2. The Morgan fingerprint density at radius 2 is 1.72 bits per heavy atom. The van der Waals surface area contributed by atoms with Crippen molar-refractivity contribution in [2.45, 2.75) is 12.8 Å². The molecule has 2 N–H and O–H groups in total. The highest BCUT2D eigenvalue weighted by Gasteiger charge is 2.50. The fraction of sp³-hybridized carbons (Fsp3) is 0.361. The third kappa shape index (κ3) is 7.08. The highest BCUT2D eigenvalue weighted by Crippen LogP contribution is 2.44. The van der Waals surface area contributed by atoms with Gasteiger partial charge in [0.2, 0.25) is 5.91 Å². The second-order valence-corrected chi connectivity index (χ2v) is 12.0. The van der Waals surface area contributed by atoms with Crippen molar-refractivity contribution < 1.29 is 23.8 Å². The van der Waals surface area contributed by atoms with E-state index >= 15 is 0 Å². The SMILES string of the molecule is CNc1ccc(Oc2ccnc3c(N4CC(CN5CCOCC5)C4)c(OC)ccc23)cc1.O=CC1(C(=O)Nc2ccccc2)CC1. The van der Waals surface area contributed by atoms with Gasteiger partial charge >= 0.3 is 0 Å². The van der Waals surface area contributed by atoms with E-state index in [0.717, 1.165) is 97.4 Å². The average molecular weight is 624 g/mol. The van der Waals surface area contributed by atoms with E-state index in [1.54, 1.807) is 19.2 Å². The van der Waals surface area contributed by atoms with Gasteiger partial charge in [0.15, 0.2) is 0 Å². The molecule has 2 aliphatic heterocycles. The van der Waals surface area contributed by atoms with Gasteiger partial charge in [0.25, 0.3) is 0 Å². The van der Waals surface area contributed by atoms with E-state index < -0.39 is 5.41 Å². The first-order chi connectivity index (χ1) is 22.5. The number of carbonyl (C=O) groups excluding carboxylic acids is 2. The number of nitrogens with zero attached hydrogens (tertiary/aromatic N) is 3. The van der Waals surface area contributed by atoms with Crippen LogP contribution in [0.2, 0.25) is 0 Å². The number of ether oxygens (including phenoxy) is 3. The molecule has 0 bridgehead atoms. The first kappa shape index (κ1) is 31.3. The van der Waals surface area contributed by atoms with Crippen LogP contribution < -0.4 is 25.0 Å². The number of para-hydroxylation sites is 1. The largest absolute Gasteiger partial charge is 0.494 e. The van der Waals surface area contributed by atoms with E-state index in [1.807, 2.05) is 73.9 Å². The molecule has 10 heteroatoms. The number of rotatable bonds is 10. The highest BCUT2D eigenvalue weighted by molar-refractivity contribution is 6.07. The molecule has 0 spiro atoms. The summed E-state index contributed by atoms with van der Waals surface area (Å²) in [5.74, 6) is 2.91. The normalized spacial score (nSPS) is 17.2. The van der Waals surface area contributed by atoms with Crippen LogP contribution in [0.4, 0.5) is 17.1 Å². The number of methoxy groups -OCH3 is 1. The molecule has 46 heavy (non-hydrogen) atoms. The van der Waals surface area contributed by atoms with Crippen LogP contribution in [0.5, 0.6) is 17.2 Å². The van der Waals surface area contributed by atoms with Crippen LogP contribution in [-0.2, 0) is 14.3 Å². The van der Waals surface area contributed by atoms with Gasteiger partial charge in [0.05, 0.1) is 20.3 Å². The zero-order chi connectivity index (χ0) is 31.9. The maximum Gasteiger partial charge on any atom is 0.237 e. The van der Waals surface area contributed by atoms with Crippen LogP contribution >= 0.6 is 0 Å². The van der Waals surface area contributed by atoms with Gasteiger partial charge < -0.3 is 34.5 Å². The van der Waals surface area contributed by atoms with E-state index in [4.69, 9.17) is 19.2 Å². The van der Waals surface area contributed by atoms with E-state index in [1.165, 1.54) is 0 Å². The number of benzene rings is 3. The number of carbonyl (C=O) groups is 2. The van der Waals surface area contributed by atoms with Gasteiger partial charge in [-0.3, -0.25) is 14.7 Å². The maximum atomic E-state index is 11.6. The lowest BCUT2D eigenvalue weighted by molar-refractivity contribution is -0.126. The van der Waals surface area contributed by atoms with Gasteiger partial charge in [0, 0.05) is 68.6 Å². The molecule has 1 saturated carbocycles. The molecule has 7 rings (SSSR count). The Balaban J connectivity index is 0.000000221. The van der Waals surface area contributed by atoms with E-state index in [9.17, 15) is 9.59 Å². The van der Waals surface area contributed by atoms with Crippen LogP contribution in [0.3, 0.4) is 0 Å². The zero-order valence-corrected chi connectivity index (χ0v) is 26.4. The Kier molecular flexibility index (Phi) is 9.65. The fourth-order valence-corrected chi connectivity index (χ4v) is 5.86. The number of aldehydes is 1. The fourth-order valence-electron chi connectivity index (χ4n) is 5.86. The molecule has 240 valence electrons. The van der Waals surface area contributed by atoms with Crippen LogP contribution in [0.15, 0.2) is 79.0 Å². The third-order valence-electron chi connectivity index (χ3n) is 8.79. The number of fused-ring (bicyclic) bond motifs is 1. The molecule has 0 atom stereocenters. The summed E-state index contributed by atoms with van der Waals surface area (Å²) in [6.45, 7) is 6.89. The van der Waals surface area contributed by atoms with Crippen LogP contribution in [0.25, 0.3) is 10.9 Å². The smallest absolute Gasteiger partial charge is 0.237 e. The second kappa shape index (κ2) is 14.2. The Bertz CT molecular complexity index is 1630. The average Bonchev–Trinajstić information content (AvgIpc) is 3.89. The van der Waals surface area contributed by atoms with Gasteiger partial charge in [0.1, 0.15) is 40.2 Å². The van der Waals surface area contributed by atoms with Crippen molar-refractivity contribution in [3.63, 3.8) is 0 Å². The quantitative estimate of drug-likeness (QED) is 0.176. The van der Waals surface area contributed by atoms with Crippen molar-refractivity contribution in [3.8, 4) is 17.2 Å². The van der Waals surface area contributed by atoms with Crippen molar-refractivity contribution in [3.05, 3.63) is 79.0 Å². The molecule has 3 aliphatic rings. The summed E-state index contributed by atoms with van der Waals surface area (Å²) in [6, 6.07) is 23.1. The van der Waals surface area contributed by atoms with Crippen LogP contribution in [-0.4, -0.2) is 82.2 Å². The third-order valence-corrected chi connectivity index (χ3v) is 8.79. The summed E-state index contributed by atoms with van der Waals surface area (Å²) in [4.78, 5) is 31.9. The molecule has 3 aromatic carbocycles. The number of amides is 1. The number of morpholine rings is 1. The molecule has 10 nitrogen and oxygen atoms in total. The molecule has 1 aromatic heterocycles. The molecule has 3 heterocycles. The molecule has 1 amide bonds. The van der Waals surface area contributed by atoms with Crippen molar-refractivity contribution in [2.75, 3.05) is 75.6 Å². The van der Waals surface area contributed by atoms with Crippen molar-refractivity contribution in [2.24, 2.45) is 11.3 Å². The van der Waals surface area contributed by atoms with Crippen LogP contribution in [0, 0.1) is 11.3 Å². The Morgan fingerprint density at radius 1 is 0.978 bits per heavy atom. The van der Waals surface area contributed by atoms with Crippen molar-refractivity contribution in [1.29, 1.82) is 0 Å². The Hall–Kier alpha value is -4.67. The summed E-state index contributed by atoms with van der Waals surface area (Å²) in [5, 5.41) is 6.84. The minimum Gasteiger partial charge on any atom is -0.494 e. The lowest BCUT2D eigenvalue weighted by Crippen LogP contribution is -2.53.